The molecule has 0 spiro atoms. The number of nitrogens with one attached hydrogen (secondary N) is 1. The molecule has 2 heterocycles. The molecular weight excluding hydrogens is 312 g/mol. The number of rotatable bonds is 6. The third-order valence-corrected chi connectivity index (χ3v) is 3.91. The van der Waals surface area contributed by atoms with E-state index in [1.165, 1.54) is 0 Å². The fraction of sp³-hybridized carbons (Fsp3) is 0.188. The van der Waals surface area contributed by atoms with Crippen LogP contribution >= 0.6 is 11.3 Å². The van der Waals surface area contributed by atoms with Crippen LogP contribution in [0, 0.1) is 11.3 Å². The zero-order chi connectivity index (χ0) is 16.1. The first-order valence-electron chi connectivity index (χ1n) is 7.07. The van der Waals surface area contributed by atoms with Crippen molar-refractivity contribution in [2.75, 3.05) is 11.9 Å². The van der Waals surface area contributed by atoms with Crippen LogP contribution in [0.5, 0.6) is 5.75 Å². The molecular formula is C16H14N4O2S. The summed E-state index contributed by atoms with van der Waals surface area (Å²) in [5.74, 6) is 1.73. The predicted octanol–water partition coefficient (Wildman–Crippen LogP) is 3.68. The molecule has 0 unspecified atom stereocenters. The summed E-state index contributed by atoms with van der Waals surface area (Å²) >= 11 is 1.56. The third kappa shape index (κ3) is 3.49. The topological polar surface area (TPSA) is 84.0 Å². The molecule has 1 N–H and O–H groups in total. The number of hydrogen-bond acceptors (Lipinski definition) is 7. The normalized spacial score (nSPS) is 10.3. The van der Waals surface area contributed by atoms with Crippen LogP contribution in [0.2, 0.25) is 0 Å². The molecule has 2 aromatic heterocycles. The van der Waals surface area contributed by atoms with E-state index in [0.29, 0.717) is 36.2 Å². The summed E-state index contributed by atoms with van der Waals surface area (Å²) in [6, 6.07) is 11.2. The second-order valence-corrected chi connectivity index (χ2v) is 5.55. The van der Waals surface area contributed by atoms with Crippen LogP contribution in [0.25, 0.3) is 10.7 Å². The first-order chi connectivity index (χ1) is 11.3. The van der Waals surface area contributed by atoms with E-state index in [1.54, 1.807) is 29.5 Å². The summed E-state index contributed by atoms with van der Waals surface area (Å²) in [5, 5.41) is 18.1. The molecule has 116 valence electrons. The van der Waals surface area contributed by atoms with Gasteiger partial charge in [-0.3, -0.25) is 0 Å². The molecule has 23 heavy (non-hydrogen) atoms. The summed E-state index contributed by atoms with van der Waals surface area (Å²) < 4.78 is 10.8. The standard InChI is InChI=1S/C16H14N4O2S/c1-2-21-13-6-5-11(9-17)8-12(13)18-10-15-19-16(20-22-15)14-4-3-7-23-14/h3-8,18H,2,10H2,1H3. The Hall–Kier alpha value is -2.85. The number of ether oxygens (including phenoxy) is 1. The molecule has 0 radical (unpaired) electrons. The lowest BCUT2D eigenvalue weighted by atomic mass is 10.2. The summed E-state index contributed by atoms with van der Waals surface area (Å²) in [4.78, 5) is 5.31. The molecule has 7 heteroatoms. The Labute approximate surface area is 137 Å². The fourth-order valence-corrected chi connectivity index (χ4v) is 2.67. The summed E-state index contributed by atoms with van der Waals surface area (Å²) in [7, 11) is 0. The quantitative estimate of drug-likeness (QED) is 0.744. The lowest BCUT2D eigenvalue weighted by Gasteiger charge is -2.11. The Balaban J connectivity index is 1.74. The van der Waals surface area contributed by atoms with Gasteiger partial charge in [-0.05, 0) is 36.6 Å². The van der Waals surface area contributed by atoms with Gasteiger partial charge >= 0.3 is 0 Å². The van der Waals surface area contributed by atoms with E-state index in [0.717, 1.165) is 10.6 Å². The number of benzene rings is 1. The number of nitrogens with zero attached hydrogens (tertiary/aromatic N) is 3. The zero-order valence-corrected chi connectivity index (χ0v) is 13.3. The zero-order valence-electron chi connectivity index (χ0n) is 12.4. The van der Waals surface area contributed by atoms with Crippen molar-refractivity contribution < 1.29 is 9.26 Å². The lowest BCUT2D eigenvalue weighted by Crippen LogP contribution is -2.03. The van der Waals surface area contributed by atoms with Crippen LogP contribution in [-0.4, -0.2) is 16.7 Å². The number of nitriles is 1. The number of anilines is 1. The van der Waals surface area contributed by atoms with Crippen LogP contribution in [-0.2, 0) is 6.54 Å². The van der Waals surface area contributed by atoms with E-state index < -0.39 is 0 Å². The van der Waals surface area contributed by atoms with Crippen molar-refractivity contribution in [2.24, 2.45) is 0 Å². The van der Waals surface area contributed by atoms with E-state index >= 15 is 0 Å². The summed E-state index contributed by atoms with van der Waals surface area (Å²) in [6.45, 7) is 2.81. The van der Waals surface area contributed by atoms with Crippen molar-refractivity contribution in [2.45, 2.75) is 13.5 Å². The van der Waals surface area contributed by atoms with E-state index in [2.05, 4.69) is 21.5 Å². The van der Waals surface area contributed by atoms with Crippen LogP contribution in [0.15, 0.2) is 40.2 Å². The maximum absolute atomic E-state index is 9.02. The van der Waals surface area contributed by atoms with Gasteiger partial charge in [-0.2, -0.15) is 10.2 Å². The van der Waals surface area contributed by atoms with E-state index in [4.69, 9.17) is 14.5 Å². The van der Waals surface area contributed by atoms with Gasteiger partial charge in [-0.1, -0.05) is 11.2 Å². The highest BCUT2D eigenvalue weighted by atomic mass is 32.1. The lowest BCUT2D eigenvalue weighted by molar-refractivity contribution is 0.341. The minimum absolute atomic E-state index is 0.354. The Morgan fingerprint density at radius 1 is 1.39 bits per heavy atom. The van der Waals surface area contributed by atoms with Crippen molar-refractivity contribution in [3.8, 4) is 22.5 Å². The maximum Gasteiger partial charge on any atom is 0.246 e. The molecule has 0 aliphatic rings. The van der Waals surface area contributed by atoms with E-state index in [9.17, 15) is 0 Å². The molecule has 0 atom stereocenters. The minimum Gasteiger partial charge on any atom is -0.492 e. The maximum atomic E-state index is 9.02. The summed E-state index contributed by atoms with van der Waals surface area (Å²) in [5.41, 5.74) is 1.28. The highest BCUT2D eigenvalue weighted by molar-refractivity contribution is 7.13. The molecule has 0 saturated heterocycles. The molecule has 0 bridgehead atoms. The first kappa shape index (κ1) is 15.1. The molecule has 3 aromatic rings. The van der Waals surface area contributed by atoms with Gasteiger partial charge in [-0.25, -0.2) is 0 Å². The molecule has 0 amide bonds. The Morgan fingerprint density at radius 2 is 2.30 bits per heavy atom. The van der Waals surface area contributed by atoms with Gasteiger partial charge in [0.25, 0.3) is 0 Å². The molecule has 0 fully saturated rings. The number of aromatic nitrogens is 2. The Bertz CT molecular complexity index is 821. The van der Waals surface area contributed by atoms with Gasteiger partial charge in [0, 0.05) is 0 Å². The molecule has 6 nitrogen and oxygen atoms in total. The van der Waals surface area contributed by atoms with Crippen LogP contribution in [0.3, 0.4) is 0 Å². The fourth-order valence-electron chi connectivity index (χ4n) is 2.02. The predicted molar refractivity (Wildman–Crippen MR) is 87.3 cm³/mol. The second kappa shape index (κ2) is 6.94. The van der Waals surface area contributed by atoms with Crippen LogP contribution in [0.1, 0.15) is 18.4 Å². The second-order valence-electron chi connectivity index (χ2n) is 4.60. The van der Waals surface area contributed by atoms with Gasteiger partial charge in [0.05, 0.1) is 35.3 Å². The van der Waals surface area contributed by atoms with Crippen molar-refractivity contribution in [3.05, 3.63) is 47.2 Å². The SMILES string of the molecule is CCOc1ccc(C#N)cc1NCc1nc(-c2cccs2)no1. The van der Waals surface area contributed by atoms with Crippen molar-refractivity contribution in [1.82, 2.24) is 10.1 Å². The van der Waals surface area contributed by atoms with E-state index in [1.807, 2.05) is 24.4 Å². The van der Waals surface area contributed by atoms with Gasteiger partial charge in [-0.15, -0.1) is 11.3 Å². The van der Waals surface area contributed by atoms with Crippen molar-refractivity contribution >= 4 is 17.0 Å². The molecule has 0 saturated carbocycles. The molecule has 1 aromatic carbocycles. The smallest absolute Gasteiger partial charge is 0.246 e. The molecule has 0 aliphatic carbocycles. The van der Waals surface area contributed by atoms with Crippen LogP contribution < -0.4 is 10.1 Å². The number of hydrogen-bond donors (Lipinski definition) is 1. The monoisotopic (exact) mass is 326 g/mol. The van der Waals surface area contributed by atoms with Crippen molar-refractivity contribution in [3.63, 3.8) is 0 Å². The largest absolute Gasteiger partial charge is 0.492 e. The Morgan fingerprint density at radius 3 is 3.04 bits per heavy atom. The first-order valence-corrected chi connectivity index (χ1v) is 7.95. The average Bonchev–Trinajstić information content (AvgIpc) is 3.25. The molecule has 0 aliphatic heterocycles. The van der Waals surface area contributed by atoms with E-state index in [-0.39, 0.29) is 0 Å². The van der Waals surface area contributed by atoms with Gasteiger partial charge < -0.3 is 14.6 Å². The van der Waals surface area contributed by atoms with Gasteiger partial charge in [0.2, 0.25) is 11.7 Å². The number of thiophene rings is 1. The highest BCUT2D eigenvalue weighted by Gasteiger charge is 2.11. The Kier molecular flexibility index (Phi) is 4.54. The van der Waals surface area contributed by atoms with Gasteiger partial charge in [0.15, 0.2) is 0 Å². The highest BCUT2D eigenvalue weighted by Crippen LogP contribution is 2.27. The molecule has 3 rings (SSSR count). The average molecular weight is 326 g/mol. The van der Waals surface area contributed by atoms with Gasteiger partial charge in [0.1, 0.15) is 5.75 Å². The summed E-state index contributed by atoms with van der Waals surface area (Å²) in [6.07, 6.45) is 0. The van der Waals surface area contributed by atoms with Crippen LogP contribution in [0.4, 0.5) is 5.69 Å². The van der Waals surface area contributed by atoms with Crippen molar-refractivity contribution in [1.29, 1.82) is 5.26 Å². The third-order valence-electron chi connectivity index (χ3n) is 3.05. The minimum atomic E-state index is 0.354.